The van der Waals surface area contributed by atoms with Crippen molar-refractivity contribution < 1.29 is 24.5 Å². The minimum absolute atomic E-state index is 0.114. The highest BCUT2D eigenvalue weighted by Crippen LogP contribution is 2.36. The number of likely N-dealkylation sites (tertiary alicyclic amines) is 1. The molecule has 3 N–H and O–H groups in total. The van der Waals surface area contributed by atoms with Crippen molar-refractivity contribution in [3.63, 3.8) is 0 Å². The number of rotatable bonds is 11. The molecule has 1 saturated carbocycles. The molecule has 1 aliphatic carbocycles. The molecule has 1 unspecified atom stereocenters. The second kappa shape index (κ2) is 13.5. The summed E-state index contributed by atoms with van der Waals surface area (Å²) in [5.74, 6) is 1.05. The Kier molecular flexibility index (Phi) is 9.91. The van der Waals surface area contributed by atoms with Crippen molar-refractivity contribution in [2.45, 2.75) is 69.9 Å². The quantitative estimate of drug-likeness (QED) is 0.303. The first kappa shape index (κ1) is 27.1. The van der Waals surface area contributed by atoms with E-state index in [0.717, 1.165) is 81.2 Å². The molecule has 2 atom stereocenters. The van der Waals surface area contributed by atoms with Gasteiger partial charge in [-0.3, -0.25) is 14.5 Å². The number of aliphatic carboxylic acids is 1. The Balaban J connectivity index is 0.00000102. The number of anilines is 1. The van der Waals surface area contributed by atoms with Crippen LogP contribution in [-0.2, 0) is 33.6 Å². The normalized spacial score (nSPS) is 19.7. The van der Waals surface area contributed by atoms with Crippen molar-refractivity contribution in [2.24, 2.45) is 5.92 Å². The standard InChI is InChI=1S/C28H37N3O3.CH2O2/c32-28(33)26(25-9-2-1-6-22(25)18-20-10-11-20)31-16-14-24(19-31)34-17-4-3-8-23-13-12-21-7-5-15-29-27(21)30-23;2-1-3/h1-2,6,9,12-13,20,24,26H,3-5,7-8,10-11,14-19H2,(H,29,30)(H,32,33);1H,(H,2,3)/t24-,26?;/m1./s1. The van der Waals surface area contributed by atoms with Crippen molar-refractivity contribution in [2.75, 3.05) is 31.6 Å². The summed E-state index contributed by atoms with van der Waals surface area (Å²) in [5, 5.41) is 20.4. The number of unbranched alkanes of at least 4 members (excludes halogenated alkanes) is 1. The Labute approximate surface area is 219 Å². The molecule has 0 spiro atoms. The molecule has 8 nitrogen and oxygen atoms in total. The van der Waals surface area contributed by atoms with E-state index in [4.69, 9.17) is 19.6 Å². The van der Waals surface area contributed by atoms with E-state index < -0.39 is 12.0 Å². The van der Waals surface area contributed by atoms with Gasteiger partial charge in [0, 0.05) is 31.9 Å². The van der Waals surface area contributed by atoms with Gasteiger partial charge in [0.2, 0.25) is 0 Å². The number of fused-ring (bicyclic) bond motifs is 1. The van der Waals surface area contributed by atoms with Crippen LogP contribution >= 0.6 is 0 Å². The van der Waals surface area contributed by atoms with E-state index in [2.05, 4.69) is 28.4 Å². The van der Waals surface area contributed by atoms with E-state index >= 15 is 0 Å². The van der Waals surface area contributed by atoms with Crippen LogP contribution in [0.2, 0.25) is 0 Å². The number of hydrogen-bond acceptors (Lipinski definition) is 6. The van der Waals surface area contributed by atoms with Crippen molar-refractivity contribution >= 4 is 18.3 Å². The van der Waals surface area contributed by atoms with Gasteiger partial charge in [0.15, 0.2) is 0 Å². The minimum atomic E-state index is -0.754. The maximum absolute atomic E-state index is 12.3. The zero-order valence-corrected chi connectivity index (χ0v) is 21.5. The molecule has 2 aromatic rings. The highest BCUT2D eigenvalue weighted by Gasteiger charge is 2.35. The van der Waals surface area contributed by atoms with Crippen LogP contribution in [0.3, 0.4) is 0 Å². The van der Waals surface area contributed by atoms with Crippen molar-refractivity contribution in [3.8, 4) is 0 Å². The summed E-state index contributed by atoms with van der Waals surface area (Å²) in [4.78, 5) is 27.5. The van der Waals surface area contributed by atoms with E-state index in [1.807, 2.05) is 18.2 Å². The molecule has 2 fully saturated rings. The highest BCUT2D eigenvalue weighted by molar-refractivity contribution is 5.76. The number of benzene rings is 1. The number of nitrogens with one attached hydrogen (secondary N) is 1. The number of aryl methyl sites for hydroxylation is 2. The van der Waals surface area contributed by atoms with Gasteiger partial charge in [-0.15, -0.1) is 0 Å². The van der Waals surface area contributed by atoms with Gasteiger partial charge in [0.05, 0.1) is 6.10 Å². The van der Waals surface area contributed by atoms with E-state index in [-0.39, 0.29) is 12.6 Å². The van der Waals surface area contributed by atoms with E-state index in [1.54, 1.807) is 0 Å². The molecule has 1 aromatic carbocycles. The lowest BCUT2D eigenvalue weighted by Crippen LogP contribution is -2.34. The van der Waals surface area contributed by atoms with Crippen LogP contribution in [0.15, 0.2) is 36.4 Å². The Morgan fingerprint density at radius 3 is 2.78 bits per heavy atom. The molecule has 3 aliphatic rings. The largest absolute Gasteiger partial charge is 0.483 e. The molecular formula is C29H39N3O5. The molecule has 0 bridgehead atoms. The molecule has 1 aromatic heterocycles. The number of aromatic nitrogens is 1. The Morgan fingerprint density at radius 1 is 1.19 bits per heavy atom. The number of ether oxygens (including phenoxy) is 1. The van der Waals surface area contributed by atoms with Gasteiger partial charge in [-0.1, -0.05) is 30.3 Å². The van der Waals surface area contributed by atoms with Crippen molar-refractivity contribution in [1.29, 1.82) is 0 Å². The van der Waals surface area contributed by atoms with Gasteiger partial charge in [0.1, 0.15) is 11.9 Å². The fourth-order valence-electron chi connectivity index (χ4n) is 5.40. The number of hydrogen-bond donors (Lipinski definition) is 3. The van der Waals surface area contributed by atoms with E-state index in [0.29, 0.717) is 6.54 Å². The monoisotopic (exact) mass is 509 g/mol. The lowest BCUT2D eigenvalue weighted by atomic mass is 9.95. The van der Waals surface area contributed by atoms with Crippen LogP contribution in [0.1, 0.15) is 67.0 Å². The topological polar surface area (TPSA) is 112 Å². The van der Waals surface area contributed by atoms with E-state index in [1.165, 1.54) is 30.4 Å². The third-order valence-electron chi connectivity index (χ3n) is 7.46. The van der Waals surface area contributed by atoms with Gasteiger partial charge in [-0.25, -0.2) is 4.98 Å². The molecule has 3 heterocycles. The van der Waals surface area contributed by atoms with Crippen LogP contribution in [0.4, 0.5) is 5.82 Å². The maximum atomic E-state index is 12.3. The van der Waals surface area contributed by atoms with E-state index in [9.17, 15) is 9.90 Å². The van der Waals surface area contributed by atoms with Crippen LogP contribution < -0.4 is 5.32 Å². The first-order valence-electron chi connectivity index (χ1n) is 13.6. The smallest absolute Gasteiger partial charge is 0.325 e. The van der Waals surface area contributed by atoms with Crippen molar-refractivity contribution in [1.82, 2.24) is 9.88 Å². The fourth-order valence-corrected chi connectivity index (χ4v) is 5.40. The Bertz CT molecular complexity index is 1040. The maximum Gasteiger partial charge on any atom is 0.325 e. The van der Waals surface area contributed by atoms with Crippen LogP contribution in [-0.4, -0.2) is 64.9 Å². The molecule has 2 aliphatic heterocycles. The SMILES string of the molecule is O=C(O)C(c1ccccc1CC1CC1)N1CC[C@@H](OCCCCc2ccc3c(n2)NCCC3)C1.O=CO. The number of carbonyl (C=O) groups is 2. The molecule has 0 amide bonds. The predicted octanol–water partition coefficient (Wildman–Crippen LogP) is 4.33. The average Bonchev–Trinajstić information content (AvgIpc) is 3.60. The Morgan fingerprint density at radius 2 is 2.00 bits per heavy atom. The summed E-state index contributed by atoms with van der Waals surface area (Å²) in [5.41, 5.74) is 4.65. The lowest BCUT2D eigenvalue weighted by Gasteiger charge is -2.26. The summed E-state index contributed by atoms with van der Waals surface area (Å²) in [6, 6.07) is 11.9. The van der Waals surface area contributed by atoms with Gasteiger partial charge < -0.3 is 20.3 Å². The first-order chi connectivity index (χ1) is 18.1. The zero-order valence-electron chi connectivity index (χ0n) is 21.5. The number of pyridine rings is 1. The lowest BCUT2D eigenvalue weighted by molar-refractivity contribution is -0.143. The molecule has 37 heavy (non-hydrogen) atoms. The van der Waals surface area contributed by atoms with Crippen LogP contribution in [0.25, 0.3) is 0 Å². The average molecular weight is 510 g/mol. The van der Waals surface area contributed by atoms with Gasteiger partial charge in [-0.05, 0) is 86.5 Å². The second-order valence-electron chi connectivity index (χ2n) is 10.3. The predicted molar refractivity (Wildman–Crippen MR) is 142 cm³/mol. The summed E-state index contributed by atoms with van der Waals surface area (Å²) in [7, 11) is 0. The number of nitrogens with zero attached hydrogens (tertiary/aromatic N) is 2. The minimum Gasteiger partial charge on any atom is -0.483 e. The molecule has 1 saturated heterocycles. The number of carboxylic acid groups (broad SMARTS) is 2. The molecule has 0 radical (unpaired) electrons. The first-order valence-corrected chi connectivity index (χ1v) is 13.6. The molecular weight excluding hydrogens is 470 g/mol. The van der Waals surface area contributed by atoms with Gasteiger partial charge in [0.25, 0.3) is 6.47 Å². The summed E-state index contributed by atoms with van der Waals surface area (Å²) in [6.07, 6.45) is 9.87. The fraction of sp³-hybridized carbons (Fsp3) is 0.552. The summed E-state index contributed by atoms with van der Waals surface area (Å²) in [6.45, 7) is 2.94. The van der Waals surface area contributed by atoms with Gasteiger partial charge in [-0.2, -0.15) is 0 Å². The van der Waals surface area contributed by atoms with Gasteiger partial charge >= 0.3 is 5.97 Å². The highest BCUT2D eigenvalue weighted by atomic mass is 16.5. The van der Waals surface area contributed by atoms with Crippen molar-refractivity contribution in [3.05, 3.63) is 58.8 Å². The third kappa shape index (κ3) is 7.76. The number of carboxylic acids is 1. The summed E-state index contributed by atoms with van der Waals surface area (Å²) >= 11 is 0. The zero-order chi connectivity index (χ0) is 26.0. The summed E-state index contributed by atoms with van der Waals surface area (Å²) < 4.78 is 6.16. The third-order valence-corrected chi connectivity index (χ3v) is 7.46. The molecule has 200 valence electrons. The van der Waals surface area contributed by atoms with Crippen LogP contribution in [0, 0.1) is 5.92 Å². The Hall–Kier alpha value is -2.97. The van der Waals surface area contributed by atoms with Crippen LogP contribution in [0.5, 0.6) is 0 Å². The second-order valence-corrected chi connectivity index (χ2v) is 10.3. The molecule has 5 rings (SSSR count). The molecule has 8 heteroatoms.